The molecule has 2 saturated heterocycles. The van der Waals surface area contributed by atoms with E-state index in [9.17, 15) is 18.0 Å². The lowest BCUT2D eigenvalue weighted by molar-refractivity contribution is -0.274. The third-order valence-electron chi connectivity index (χ3n) is 6.89. The van der Waals surface area contributed by atoms with Gasteiger partial charge < -0.3 is 19.3 Å². The van der Waals surface area contributed by atoms with Crippen LogP contribution in [0.1, 0.15) is 40.8 Å². The van der Waals surface area contributed by atoms with Gasteiger partial charge in [0.1, 0.15) is 5.75 Å². The molecule has 196 valence electrons. The van der Waals surface area contributed by atoms with Crippen LogP contribution in [0.3, 0.4) is 0 Å². The summed E-state index contributed by atoms with van der Waals surface area (Å²) in [5, 5.41) is 7.72. The lowest BCUT2D eigenvalue weighted by Crippen LogP contribution is -2.52. The van der Waals surface area contributed by atoms with Crippen LogP contribution in [0.15, 0.2) is 60.7 Å². The Balaban J connectivity index is 1.36. The summed E-state index contributed by atoms with van der Waals surface area (Å²) in [6, 6.07) is 18.1. The lowest BCUT2D eigenvalue weighted by atomic mass is 9.83. The van der Waals surface area contributed by atoms with Gasteiger partial charge in [-0.1, -0.05) is 42.5 Å². The van der Waals surface area contributed by atoms with Crippen LogP contribution in [0.5, 0.6) is 5.75 Å². The second kappa shape index (κ2) is 10.8. The monoisotopic (exact) mass is 514 g/mol. The fourth-order valence-electron chi connectivity index (χ4n) is 5.10. The van der Waals surface area contributed by atoms with Gasteiger partial charge in [-0.05, 0) is 35.7 Å². The van der Waals surface area contributed by atoms with Gasteiger partial charge in [-0.3, -0.25) is 5.10 Å². The first-order chi connectivity index (χ1) is 17.8. The summed E-state index contributed by atoms with van der Waals surface area (Å²) in [4.78, 5) is 17.0. The molecule has 2 unspecified atom stereocenters. The third kappa shape index (κ3) is 6.43. The second-order valence-electron chi connectivity index (χ2n) is 9.51. The Morgan fingerprint density at radius 2 is 1.70 bits per heavy atom. The average Bonchev–Trinajstić information content (AvgIpc) is 3.37. The number of H-pyrrole nitrogens is 1. The fraction of sp³-hybridized carbons (Fsp3) is 0.407. The van der Waals surface area contributed by atoms with E-state index in [0.717, 1.165) is 29.8 Å². The Labute approximate surface area is 213 Å². The van der Waals surface area contributed by atoms with Crippen molar-refractivity contribution < 1.29 is 27.4 Å². The van der Waals surface area contributed by atoms with Gasteiger partial charge in [0.2, 0.25) is 0 Å². The van der Waals surface area contributed by atoms with Crippen LogP contribution in [0.25, 0.3) is 0 Å². The van der Waals surface area contributed by atoms with Crippen molar-refractivity contribution in [3.05, 3.63) is 83.2 Å². The normalized spacial score (nSPS) is 20.6. The molecule has 1 N–H and O–H groups in total. The number of carbonyl (C=O) groups is 1. The van der Waals surface area contributed by atoms with Crippen LogP contribution in [0, 0.1) is 0 Å². The molecule has 5 rings (SSSR count). The van der Waals surface area contributed by atoms with E-state index < -0.39 is 6.36 Å². The molecule has 2 atom stereocenters. The minimum absolute atomic E-state index is 0.0179. The molecule has 7 nitrogen and oxygen atoms in total. The molecule has 3 aromatic rings. The third-order valence-corrected chi connectivity index (χ3v) is 6.89. The molecule has 10 heteroatoms. The van der Waals surface area contributed by atoms with Crippen LogP contribution in [0.2, 0.25) is 0 Å². The number of piperidine rings is 1. The SMILES string of the molecule is O=C(N1CCOCC1)N1CC(c2ccc(OC(F)(F)F)cc2)CC(c2cc(Cc3ccccc3)[nH]n2)C1. The average molecular weight is 515 g/mol. The molecule has 0 spiro atoms. The lowest BCUT2D eigenvalue weighted by Gasteiger charge is -2.40. The molecular weight excluding hydrogens is 485 g/mol. The van der Waals surface area contributed by atoms with Crippen molar-refractivity contribution in [3.63, 3.8) is 0 Å². The predicted molar refractivity (Wildman–Crippen MR) is 130 cm³/mol. The van der Waals surface area contributed by atoms with E-state index in [1.54, 1.807) is 17.0 Å². The largest absolute Gasteiger partial charge is 0.573 e. The number of nitrogens with zero attached hydrogens (tertiary/aromatic N) is 3. The first-order valence-electron chi connectivity index (χ1n) is 12.4. The van der Waals surface area contributed by atoms with Crippen LogP contribution >= 0.6 is 0 Å². The Morgan fingerprint density at radius 3 is 2.41 bits per heavy atom. The number of ether oxygens (including phenoxy) is 2. The number of benzene rings is 2. The number of amides is 2. The minimum Gasteiger partial charge on any atom is -0.406 e. The zero-order chi connectivity index (χ0) is 25.8. The van der Waals surface area contributed by atoms with E-state index in [2.05, 4.69) is 33.1 Å². The number of aromatic nitrogens is 2. The molecular formula is C27H29F3N4O3. The molecule has 0 radical (unpaired) electrons. The molecule has 0 bridgehead atoms. The Bertz CT molecular complexity index is 1180. The second-order valence-corrected chi connectivity index (χ2v) is 9.51. The van der Waals surface area contributed by atoms with Gasteiger partial charge in [-0.15, -0.1) is 13.2 Å². The standard InChI is InChI=1S/C27H29F3N4O3/c28-27(29,30)37-24-8-6-20(7-9-24)21-15-22(18-34(17-21)26(35)33-10-12-36-13-11-33)25-16-23(31-32-25)14-19-4-2-1-3-5-19/h1-9,16,21-22H,10-15,17-18H2,(H,31,32). The number of halogens is 3. The smallest absolute Gasteiger partial charge is 0.406 e. The zero-order valence-corrected chi connectivity index (χ0v) is 20.3. The molecule has 2 aliphatic rings. The maximum absolute atomic E-state index is 13.4. The van der Waals surface area contributed by atoms with Crippen LogP contribution in [-0.4, -0.2) is 71.8 Å². The summed E-state index contributed by atoms with van der Waals surface area (Å²) in [6.07, 6.45) is -3.29. The number of hydrogen-bond donors (Lipinski definition) is 1. The molecule has 2 aromatic carbocycles. The van der Waals surface area contributed by atoms with E-state index >= 15 is 0 Å². The van der Waals surface area contributed by atoms with Crippen LogP contribution < -0.4 is 4.74 Å². The van der Waals surface area contributed by atoms with Crippen molar-refractivity contribution in [1.82, 2.24) is 20.0 Å². The van der Waals surface area contributed by atoms with Crippen molar-refractivity contribution in [1.29, 1.82) is 0 Å². The van der Waals surface area contributed by atoms with Gasteiger partial charge >= 0.3 is 12.4 Å². The highest BCUT2D eigenvalue weighted by Gasteiger charge is 2.35. The van der Waals surface area contributed by atoms with E-state index in [1.807, 2.05) is 23.1 Å². The van der Waals surface area contributed by atoms with Crippen LogP contribution in [-0.2, 0) is 11.2 Å². The van der Waals surface area contributed by atoms with Crippen molar-refractivity contribution in [2.45, 2.75) is 31.0 Å². The number of likely N-dealkylation sites (tertiary alicyclic amines) is 1. The number of nitrogens with one attached hydrogen (secondary N) is 1. The number of alkyl halides is 3. The van der Waals surface area contributed by atoms with E-state index in [1.165, 1.54) is 17.7 Å². The Morgan fingerprint density at radius 1 is 1.00 bits per heavy atom. The number of carbonyl (C=O) groups excluding carboxylic acids is 1. The summed E-state index contributed by atoms with van der Waals surface area (Å²) in [5.74, 6) is -0.337. The number of rotatable bonds is 5. The topological polar surface area (TPSA) is 70.7 Å². The number of hydrogen-bond acceptors (Lipinski definition) is 4. The van der Waals surface area contributed by atoms with E-state index in [4.69, 9.17) is 4.74 Å². The predicted octanol–water partition coefficient (Wildman–Crippen LogP) is 4.92. The van der Waals surface area contributed by atoms with Gasteiger partial charge in [0.05, 0.1) is 18.9 Å². The summed E-state index contributed by atoms with van der Waals surface area (Å²) in [6.45, 7) is 3.10. The molecule has 2 amide bonds. The quantitative estimate of drug-likeness (QED) is 0.525. The van der Waals surface area contributed by atoms with Crippen molar-refractivity contribution in [3.8, 4) is 5.75 Å². The summed E-state index contributed by atoms with van der Waals surface area (Å²) < 4.78 is 47.2. The van der Waals surface area contributed by atoms with Gasteiger partial charge in [-0.25, -0.2) is 4.79 Å². The highest BCUT2D eigenvalue weighted by Crippen LogP contribution is 2.37. The van der Waals surface area contributed by atoms with Crippen LogP contribution in [0.4, 0.5) is 18.0 Å². The van der Waals surface area contributed by atoms with Gasteiger partial charge in [0.15, 0.2) is 0 Å². The number of aromatic amines is 1. The van der Waals surface area contributed by atoms with E-state index in [-0.39, 0.29) is 23.6 Å². The molecule has 37 heavy (non-hydrogen) atoms. The minimum atomic E-state index is -4.74. The van der Waals surface area contributed by atoms with Crippen molar-refractivity contribution in [2.75, 3.05) is 39.4 Å². The van der Waals surface area contributed by atoms with Gasteiger partial charge in [0, 0.05) is 50.1 Å². The highest BCUT2D eigenvalue weighted by molar-refractivity contribution is 5.75. The zero-order valence-electron chi connectivity index (χ0n) is 20.3. The first kappa shape index (κ1) is 25.1. The molecule has 0 saturated carbocycles. The molecule has 3 heterocycles. The van der Waals surface area contributed by atoms with Crippen molar-refractivity contribution in [2.24, 2.45) is 0 Å². The van der Waals surface area contributed by atoms with E-state index in [0.29, 0.717) is 39.4 Å². The number of morpholine rings is 1. The molecule has 2 fully saturated rings. The van der Waals surface area contributed by atoms with Gasteiger partial charge in [0.25, 0.3) is 0 Å². The maximum Gasteiger partial charge on any atom is 0.573 e. The molecule has 1 aromatic heterocycles. The Hall–Kier alpha value is -3.53. The molecule has 2 aliphatic heterocycles. The summed E-state index contributed by atoms with van der Waals surface area (Å²) in [5.41, 5.74) is 3.90. The van der Waals surface area contributed by atoms with Crippen molar-refractivity contribution >= 4 is 6.03 Å². The summed E-state index contributed by atoms with van der Waals surface area (Å²) >= 11 is 0. The number of urea groups is 1. The Kier molecular flexibility index (Phi) is 7.36. The maximum atomic E-state index is 13.4. The van der Waals surface area contributed by atoms with Gasteiger partial charge in [-0.2, -0.15) is 5.10 Å². The first-order valence-corrected chi connectivity index (χ1v) is 12.4. The summed E-state index contributed by atoms with van der Waals surface area (Å²) in [7, 11) is 0. The fourth-order valence-corrected chi connectivity index (χ4v) is 5.10. The highest BCUT2D eigenvalue weighted by atomic mass is 19.4. The molecule has 0 aliphatic carbocycles.